The highest BCUT2D eigenvalue weighted by Gasteiger charge is 2.43. The summed E-state index contributed by atoms with van der Waals surface area (Å²) in [7, 11) is 0. The van der Waals surface area contributed by atoms with Gasteiger partial charge in [-0.25, -0.2) is 0 Å². The van der Waals surface area contributed by atoms with Crippen LogP contribution in [0.3, 0.4) is 0 Å². The molecule has 2 nitrogen and oxygen atoms in total. The third-order valence-electron chi connectivity index (χ3n) is 4.17. The highest BCUT2D eigenvalue weighted by molar-refractivity contribution is 5.09. The van der Waals surface area contributed by atoms with Crippen LogP contribution in [0.1, 0.15) is 39.0 Å². The van der Waals surface area contributed by atoms with E-state index in [-0.39, 0.29) is 24.8 Å². The standard InChI is InChI=1S/C14H22F3NO/c1-2-18-13(12-4-3-9-19-12)10-5-7-11(8-6-10)14(15,16)17/h4,10-11,13,18H,2-3,5-9H2,1H3. The average molecular weight is 277 g/mol. The molecule has 1 saturated carbocycles. The number of hydrogen-bond donors (Lipinski definition) is 1. The molecule has 0 amide bonds. The van der Waals surface area contributed by atoms with Crippen molar-refractivity contribution in [3.8, 4) is 0 Å². The van der Waals surface area contributed by atoms with Crippen LogP contribution in [0.5, 0.6) is 0 Å². The van der Waals surface area contributed by atoms with Crippen molar-refractivity contribution >= 4 is 0 Å². The Kier molecular flexibility index (Phi) is 4.76. The maximum Gasteiger partial charge on any atom is 0.391 e. The van der Waals surface area contributed by atoms with Gasteiger partial charge in [0.1, 0.15) is 5.76 Å². The van der Waals surface area contributed by atoms with Crippen molar-refractivity contribution in [1.82, 2.24) is 5.32 Å². The fourth-order valence-corrected chi connectivity index (χ4v) is 3.15. The molecule has 1 unspecified atom stereocenters. The van der Waals surface area contributed by atoms with Gasteiger partial charge in [0.2, 0.25) is 0 Å². The van der Waals surface area contributed by atoms with Crippen molar-refractivity contribution < 1.29 is 17.9 Å². The highest BCUT2D eigenvalue weighted by atomic mass is 19.4. The van der Waals surface area contributed by atoms with E-state index in [9.17, 15) is 13.2 Å². The van der Waals surface area contributed by atoms with Gasteiger partial charge in [-0.15, -0.1) is 0 Å². The van der Waals surface area contributed by atoms with E-state index in [2.05, 4.69) is 11.4 Å². The van der Waals surface area contributed by atoms with Crippen LogP contribution in [0.25, 0.3) is 0 Å². The topological polar surface area (TPSA) is 21.3 Å². The van der Waals surface area contributed by atoms with E-state index >= 15 is 0 Å². The Hall–Kier alpha value is -0.710. The van der Waals surface area contributed by atoms with Crippen LogP contribution < -0.4 is 5.32 Å². The number of halogens is 3. The van der Waals surface area contributed by atoms with E-state index in [0.29, 0.717) is 19.4 Å². The summed E-state index contributed by atoms with van der Waals surface area (Å²) in [6.45, 7) is 3.53. The molecule has 1 heterocycles. The molecule has 1 aliphatic heterocycles. The fraction of sp³-hybridized carbons (Fsp3) is 0.857. The Morgan fingerprint density at radius 2 is 2.00 bits per heavy atom. The van der Waals surface area contributed by atoms with Crippen LogP contribution in [0.15, 0.2) is 11.8 Å². The lowest BCUT2D eigenvalue weighted by Crippen LogP contribution is -2.41. The zero-order chi connectivity index (χ0) is 13.9. The van der Waals surface area contributed by atoms with Crippen molar-refractivity contribution in [3.05, 3.63) is 11.8 Å². The third kappa shape index (κ3) is 3.65. The quantitative estimate of drug-likeness (QED) is 0.847. The van der Waals surface area contributed by atoms with Gasteiger partial charge in [0.15, 0.2) is 0 Å². The van der Waals surface area contributed by atoms with Gasteiger partial charge in [0, 0.05) is 6.42 Å². The van der Waals surface area contributed by atoms with Gasteiger partial charge in [0.25, 0.3) is 0 Å². The molecular weight excluding hydrogens is 255 g/mol. The van der Waals surface area contributed by atoms with Gasteiger partial charge in [-0.3, -0.25) is 0 Å². The molecule has 1 aliphatic carbocycles. The van der Waals surface area contributed by atoms with Gasteiger partial charge in [-0.2, -0.15) is 13.2 Å². The third-order valence-corrected chi connectivity index (χ3v) is 4.17. The second kappa shape index (κ2) is 6.16. The minimum Gasteiger partial charge on any atom is -0.496 e. The van der Waals surface area contributed by atoms with Crippen molar-refractivity contribution in [3.63, 3.8) is 0 Å². The maximum absolute atomic E-state index is 12.7. The first-order chi connectivity index (χ1) is 9.02. The predicted octanol–water partition coefficient (Wildman–Crippen LogP) is 3.64. The average Bonchev–Trinajstić information content (AvgIpc) is 2.89. The van der Waals surface area contributed by atoms with Crippen LogP contribution >= 0.6 is 0 Å². The Morgan fingerprint density at radius 1 is 1.32 bits per heavy atom. The van der Waals surface area contributed by atoms with Gasteiger partial charge < -0.3 is 10.1 Å². The molecule has 0 aromatic rings. The van der Waals surface area contributed by atoms with Crippen LogP contribution in [0.2, 0.25) is 0 Å². The monoisotopic (exact) mass is 277 g/mol. The molecule has 110 valence electrons. The molecule has 2 aliphatic rings. The lowest BCUT2D eigenvalue weighted by atomic mass is 9.77. The normalized spacial score (nSPS) is 29.8. The van der Waals surface area contributed by atoms with E-state index in [1.54, 1.807) is 0 Å². The molecule has 5 heteroatoms. The Morgan fingerprint density at radius 3 is 2.47 bits per heavy atom. The molecule has 0 bridgehead atoms. The SMILES string of the molecule is CCNC(C1=CCCO1)C1CCC(C(F)(F)F)CC1. The van der Waals surface area contributed by atoms with Gasteiger partial charge in [-0.1, -0.05) is 6.92 Å². The minimum atomic E-state index is -4.03. The van der Waals surface area contributed by atoms with Crippen molar-refractivity contribution in [2.75, 3.05) is 13.2 Å². The van der Waals surface area contributed by atoms with E-state index < -0.39 is 12.1 Å². The molecule has 2 rings (SSSR count). The summed E-state index contributed by atoms with van der Waals surface area (Å²) in [6.07, 6.45) is 0.720. The second-order valence-corrected chi connectivity index (χ2v) is 5.43. The summed E-state index contributed by atoms with van der Waals surface area (Å²) in [4.78, 5) is 0. The number of hydrogen-bond acceptors (Lipinski definition) is 2. The predicted molar refractivity (Wildman–Crippen MR) is 67.6 cm³/mol. The van der Waals surface area contributed by atoms with Crippen LogP contribution in [0, 0.1) is 11.8 Å². The first-order valence-electron chi connectivity index (χ1n) is 7.15. The smallest absolute Gasteiger partial charge is 0.391 e. The number of ether oxygens (including phenoxy) is 1. The molecular formula is C14H22F3NO. The molecule has 1 N–H and O–H groups in total. The van der Waals surface area contributed by atoms with E-state index in [1.165, 1.54) is 0 Å². The molecule has 19 heavy (non-hydrogen) atoms. The first kappa shape index (κ1) is 14.7. The fourth-order valence-electron chi connectivity index (χ4n) is 3.15. The zero-order valence-electron chi connectivity index (χ0n) is 11.3. The summed E-state index contributed by atoms with van der Waals surface area (Å²) >= 11 is 0. The van der Waals surface area contributed by atoms with Crippen molar-refractivity contribution in [1.29, 1.82) is 0 Å². The van der Waals surface area contributed by atoms with Gasteiger partial charge in [0.05, 0.1) is 18.6 Å². The number of likely N-dealkylation sites (N-methyl/N-ethyl adjacent to an activating group) is 1. The highest BCUT2D eigenvalue weighted by Crippen LogP contribution is 2.41. The lowest BCUT2D eigenvalue weighted by Gasteiger charge is -2.35. The van der Waals surface area contributed by atoms with E-state index in [0.717, 1.165) is 18.7 Å². The van der Waals surface area contributed by atoms with E-state index in [1.807, 2.05) is 6.92 Å². The second-order valence-electron chi connectivity index (χ2n) is 5.43. The summed E-state index contributed by atoms with van der Waals surface area (Å²) < 4.78 is 43.6. The summed E-state index contributed by atoms with van der Waals surface area (Å²) in [6, 6.07) is 0.0988. The minimum absolute atomic E-state index is 0.0988. The summed E-state index contributed by atoms with van der Waals surface area (Å²) in [5.74, 6) is 0.102. The molecule has 0 saturated heterocycles. The van der Waals surface area contributed by atoms with Gasteiger partial charge >= 0.3 is 6.18 Å². The lowest BCUT2D eigenvalue weighted by molar-refractivity contribution is -0.184. The van der Waals surface area contributed by atoms with Crippen LogP contribution in [-0.4, -0.2) is 25.4 Å². The Bertz CT molecular complexity index is 319. The summed E-state index contributed by atoms with van der Waals surface area (Å²) in [5, 5.41) is 3.37. The van der Waals surface area contributed by atoms with Crippen LogP contribution in [0.4, 0.5) is 13.2 Å². The maximum atomic E-state index is 12.7. The summed E-state index contributed by atoms with van der Waals surface area (Å²) in [5.41, 5.74) is 0. The molecule has 1 fully saturated rings. The molecule has 1 atom stereocenters. The molecule has 0 aromatic carbocycles. The zero-order valence-corrected chi connectivity index (χ0v) is 11.3. The Labute approximate surface area is 112 Å². The molecule has 0 spiro atoms. The van der Waals surface area contributed by atoms with Crippen molar-refractivity contribution in [2.24, 2.45) is 11.8 Å². The van der Waals surface area contributed by atoms with E-state index in [4.69, 9.17) is 4.74 Å². The number of rotatable bonds is 4. The van der Waals surface area contributed by atoms with Crippen LogP contribution in [-0.2, 0) is 4.74 Å². The van der Waals surface area contributed by atoms with Crippen molar-refractivity contribution in [2.45, 2.75) is 51.2 Å². The molecule has 0 aromatic heterocycles. The first-order valence-corrected chi connectivity index (χ1v) is 7.15. The number of alkyl halides is 3. The van der Waals surface area contributed by atoms with Gasteiger partial charge in [-0.05, 0) is 44.2 Å². The molecule has 0 radical (unpaired) electrons. The Balaban J connectivity index is 1.94. The number of nitrogens with one attached hydrogen (secondary N) is 1. The largest absolute Gasteiger partial charge is 0.496 e.